The first-order chi connectivity index (χ1) is 12.5. The summed E-state index contributed by atoms with van der Waals surface area (Å²) >= 11 is 1.34. The van der Waals surface area contributed by atoms with Crippen LogP contribution in [0.25, 0.3) is 0 Å². The van der Waals surface area contributed by atoms with E-state index in [4.69, 9.17) is 4.74 Å². The Hall–Kier alpha value is -2.19. The minimum Gasteiger partial charge on any atom is -0.481 e. The maximum atomic E-state index is 13.0. The zero-order valence-electron chi connectivity index (χ0n) is 14.4. The molecule has 0 radical (unpaired) electrons. The van der Waals surface area contributed by atoms with Gasteiger partial charge in [0.05, 0.1) is 12.5 Å². The lowest BCUT2D eigenvalue weighted by atomic mass is 10.0. The number of hydrogen-bond acceptors (Lipinski definition) is 6. The molecule has 1 aromatic rings. The molecule has 0 aliphatic carbocycles. The molecule has 2 atom stereocenters. The van der Waals surface area contributed by atoms with Crippen LogP contribution in [0.15, 0.2) is 35.5 Å². The van der Waals surface area contributed by atoms with Gasteiger partial charge in [-0.2, -0.15) is 0 Å². The van der Waals surface area contributed by atoms with Gasteiger partial charge < -0.3 is 14.7 Å². The molecule has 3 heterocycles. The Kier molecular flexibility index (Phi) is 5.73. The zero-order chi connectivity index (χ0) is 18.7. The van der Waals surface area contributed by atoms with E-state index in [-0.39, 0.29) is 22.9 Å². The van der Waals surface area contributed by atoms with E-state index in [1.54, 1.807) is 29.4 Å². The van der Waals surface area contributed by atoms with Crippen LogP contribution in [0, 0.1) is 0 Å². The molecule has 2 aliphatic heterocycles. The maximum Gasteiger partial charge on any atom is 0.308 e. The van der Waals surface area contributed by atoms with Crippen molar-refractivity contribution in [1.29, 1.82) is 0 Å². The number of nitrogens with zero attached hydrogens (tertiary/aromatic N) is 2. The van der Waals surface area contributed by atoms with Crippen LogP contribution in [0.4, 0.5) is 0 Å². The fourth-order valence-electron chi connectivity index (χ4n) is 3.34. The van der Waals surface area contributed by atoms with E-state index in [9.17, 15) is 19.5 Å². The smallest absolute Gasteiger partial charge is 0.308 e. The number of hydrogen-bond donors (Lipinski definition) is 1. The van der Waals surface area contributed by atoms with Gasteiger partial charge in [-0.05, 0) is 31.2 Å². The SMILES string of the molecule is CS[C@H]1C(C(=O)c2ccccn2)=C(CC(=O)O)C(=O)N1C[C@H]1CCCO1. The van der Waals surface area contributed by atoms with Gasteiger partial charge in [-0.25, -0.2) is 0 Å². The first-order valence-electron chi connectivity index (χ1n) is 8.39. The summed E-state index contributed by atoms with van der Waals surface area (Å²) in [4.78, 5) is 42.8. The number of carbonyl (C=O) groups is 3. The summed E-state index contributed by atoms with van der Waals surface area (Å²) in [5, 5.41) is 8.70. The van der Waals surface area contributed by atoms with Crippen LogP contribution in [0.2, 0.25) is 0 Å². The maximum absolute atomic E-state index is 13.0. The Bertz CT molecular complexity index is 743. The molecule has 1 N–H and O–H groups in total. The van der Waals surface area contributed by atoms with E-state index >= 15 is 0 Å². The standard InChI is InChI=1S/C18H20N2O5S/c1-26-18-15(16(23)13-6-2-3-7-19-13)12(9-14(21)22)17(24)20(18)10-11-5-4-8-25-11/h2-3,6-7,11,18H,4-5,8-10H2,1H3,(H,21,22)/t11-,18+/m1/s1. The highest BCUT2D eigenvalue weighted by Crippen LogP contribution is 2.36. The Morgan fingerprint density at radius 3 is 2.81 bits per heavy atom. The number of aromatic nitrogens is 1. The predicted molar refractivity (Wildman–Crippen MR) is 95.8 cm³/mol. The highest BCUT2D eigenvalue weighted by molar-refractivity contribution is 7.99. The highest BCUT2D eigenvalue weighted by Gasteiger charge is 2.43. The Labute approximate surface area is 155 Å². The molecule has 1 amide bonds. The average Bonchev–Trinajstić information content (AvgIpc) is 3.23. The molecular formula is C18H20N2O5S. The lowest BCUT2D eigenvalue weighted by Gasteiger charge is -2.27. The number of rotatable bonds is 7. The molecular weight excluding hydrogens is 356 g/mol. The van der Waals surface area contributed by atoms with Crippen LogP contribution in [0.1, 0.15) is 29.8 Å². The third-order valence-electron chi connectivity index (χ3n) is 4.49. The topological polar surface area (TPSA) is 96.8 Å². The summed E-state index contributed by atoms with van der Waals surface area (Å²) in [6.07, 6.45) is 4.53. The Morgan fingerprint density at radius 2 is 2.23 bits per heavy atom. The van der Waals surface area contributed by atoms with Crippen LogP contribution in [0.5, 0.6) is 0 Å². The van der Waals surface area contributed by atoms with Crippen molar-refractivity contribution in [2.24, 2.45) is 0 Å². The second kappa shape index (κ2) is 8.01. The molecule has 138 valence electrons. The van der Waals surface area contributed by atoms with E-state index in [0.717, 1.165) is 12.8 Å². The third kappa shape index (κ3) is 3.66. The molecule has 0 aromatic carbocycles. The van der Waals surface area contributed by atoms with Crippen molar-refractivity contribution >= 4 is 29.4 Å². The van der Waals surface area contributed by atoms with Gasteiger partial charge in [-0.15, -0.1) is 11.8 Å². The number of carboxylic acid groups (broad SMARTS) is 1. The first-order valence-corrected chi connectivity index (χ1v) is 9.67. The quantitative estimate of drug-likeness (QED) is 0.724. The molecule has 1 saturated heterocycles. The van der Waals surface area contributed by atoms with E-state index in [2.05, 4.69) is 4.98 Å². The minimum atomic E-state index is -1.14. The third-order valence-corrected chi connectivity index (χ3v) is 5.43. The second-order valence-corrected chi connectivity index (χ2v) is 7.11. The molecule has 3 rings (SSSR count). The number of carboxylic acids is 1. The number of pyridine rings is 1. The van der Waals surface area contributed by atoms with Crippen molar-refractivity contribution < 1.29 is 24.2 Å². The number of thioether (sulfide) groups is 1. The predicted octanol–water partition coefficient (Wildman–Crippen LogP) is 1.75. The number of ketones is 1. The fraction of sp³-hybridized carbons (Fsp3) is 0.444. The summed E-state index contributed by atoms with van der Waals surface area (Å²) < 4.78 is 5.62. The van der Waals surface area contributed by atoms with Crippen molar-refractivity contribution in [2.75, 3.05) is 19.4 Å². The summed E-state index contributed by atoms with van der Waals surface area (Å²) in [6.45, 7) is 1.01. The minimum absolute atomic E-state index is 0.0468. The Morgan fingerprint density at radius 1 is 1.42 bits per heavy atom. The molecule has 7 nitrogen and oxygen atoms in total. The lowest BCUT2D eigenvalue weighted by Crippen LogP contribution is -2.40. The number of Topliss-reactive ketones (excluding diaryl/α,β-unsaturated/α-hetero) is 1. The van der Waals surface area contributed by atoms with Gasteiger partial charge in [0, 0.05) is 30.5 Å². The number of amides is 1. The van der Waals surface area contributed by atoms with Crippen molar-refractivity contribution in [2.45, 2.75) is 30.7 Å². The van der Waals surface area contributed by atoms with Crippen molar-refractivity contribution in [3.63, 3.8) is 0 Å². The number of aliphatic carboxylic acids is 1. The molecule has 0 saturated carbocycles. The largest absolute Gasteiger partial charge is 0.481 e. The zero-order valence-corrected chi connectivity index (χ0v) is 15.2. The molecule has 1 fully saturated rings. The Balaban J connectivity index is 1.96. The summed E-state index contributed by atoms with van der Waals surface area (Å²) in [5.41, 5.74) is 0.475. The highest BCUT2D eigenvalue weighted by atomic mass is 32.2. The van der Waals surface area contributed by atoms with Gasteiger partial charge in [0.2, 0.25) is 5.78 Å². The average molecular weight is 376 g/mol. The molecule has 1 aromatic heterocycles. The van der Waals surface area contributed by atoms with Crippen molar-refractivity contribution in [3.05, 3.63) is 41.2 Å². The van der Waals surface area contributed by atoms with Crippen LogP contribution < -0.4 is 0 Å². The second-order valence-electron chi connectivity index (χ2n) is 6.19. The number of ether oxygens (including phenoxy) is 1. The normalized spacial score (nSPS) is 23.0. The van der Waals surface area contributed by atoms with Crippen molar-refractivity contribution in [3.8, 4) is 0 Å². The van der Waals surface area contributed by atoms with Gasteiger partial charge in [0.25, 0.3) is 5.91 Å². The number of carbonyl (C=O) groups excluding carboxylic acids is 2. The first kappa shape index (κ1) is 18.6. The van der Waals surface area contributed by atoms with E-state index in [0.29, 0.717) is 13.2 Å². The fourth-order valence-corrected chi connectivity index (χ4v) is 4.26. The van der Waals surface area contributed by atoms with Gasteiger partial charge >= 0.3 is 5.97 Å². The van der Waals surface area contributed by atoms with Crippen LogP contribution in [0.3, 0.4) is 0 Å². The van der Waals surface area contributed by atoms with Crippen LogP contribution in [-0.2, 0) is 14.3 Å². The van der Waals surface area contributed by atoms with Gasteiger partial charge in [0.1, 0.15) is 11.1 Å². The van der Waals surface area contributed by atoms with E-state index < -0.39 is 29.5 Å². The molecule has 26 heavy (non-hydrogen) atoms. The molecule has 0 unspecified atom stereocenters. The summed E-state index contributed by atoms with van der Waals surface area (Å²) in [6, 6.07) is 4.95. The van der Waals surface area contributed by atoms with E-state index in [1.807, 2.05) is 0 Å². The molecule has 8 heteroatoms. The van der Waals surface area contributed by atoms with Gasteiger partial charge in [0.15, 0.2) is 0 Å². The van der Waals surface area contributed by atoms with Crippen LogP contribution in [-0.4, -0.2) is 63.5 Å². The summed E-state index contributed by atoms with van der Waals surface area (Å²) in [5.74, 6) is -1.94. The van der Waals surface area contributed by atoms with Gasteiger partial charge in [-0.1, -0.05) is 6.07 Å². The lowest BCUT2D eigenvalue weighted by molar-refractivity contribution is -0.137. The van der Waals surface area contributed by atoms with Crippen molar-refractivity contribution in [1.82, 2.24) is 9.88 Å². The summed E-state index contributed by atoms with van der Waals surface area (Å²) in [7, 11) is 0. The molecule has 0 bridgehead atoms. The van der Waals surface area contributed by atoms with E-state index in [1.165, 1.54) is 18.0 Å². The molecule has 2 aliphatic rings. The van der Waals surface area contributed by atoms with Gasteiger partial charge in [-0.3, -0.25) is 19.4 Å². The monoisotopic (exact) mass is 376 g/mol. The van der Waals surface area contributed by atoms with Crippen LogP contribution >= 0.6 is 11.8 Å². The molecule has 0 spiro atoms.